The zero-order valence-corrected chi connectivity index (χ0v) is 21.4. The van der Waals surface area contributed by atoms with Crippen LogP contribution in [-0.2, 0) is 0 Å². The largest absolute Gasteiger partial charge is 0.0999 e. The Balaban J connectivity index is -0.000000414. The molecule has 0 aromatic heterocycles. The molecule has 0 heterocycles. The summed E-state index contributed by atoms with van der Waals surface area (Å²) in [6.45, 7) is 7.32. The molecule has 0 N–H and O–H groups in total. The summed E-state index contributed by atoms with van der Waals surface area (Å²) in [6, 6.07) is 43.5. The summed E-state index contributed by atoms with van der Waals surface area (Å²) in [6.07, 6.45) is 0. The van der Waals surface area contributed by atoms with Crippen LogP contribution in [0.5, 0.6) is 0 Å². The molecule has 4 rings (SSSR count). The summed E-state index contributed by atoms with van der Waals surface area (Å²) in [7, 11) is 11.5. The van der Waals surface area contributed by atoms with Crippen molar-refractivity contribution in [3.63, 3.8) is 0 Å². The van der Waals surface area contributed by atoms with Crippen molar-refractivity contribution >= 4 is 15.7 Å². The van der Waals surface area contributed by atoms with Crippen molar-refractivity contribution in [2.24, 2.45) is 0 Å². The second-order valence-corrected chi connectivity index (χ2v) is 6.35. The summed E-state index contributed by atoms with van der Waals surface area (Å²) in [4.78, 5) is 0. The Kier molecular flexibility index (Phi) is 23.0. The van der Waals surface area contributed by atoms with E-state index in [0.29, 0.717) is 5.92 Å². The number of aryl methyl sites for hydroxylation is 1. The Bertz CT molecular complexity index is 778. The van der Waals surface area contributed by atoms with Gasteiger partial charge in [0.1, 0.15) is 0 Å². The third-order valence-electron chi connectivity index (χ3n) is 4.21. The van der Waals surface area contributed by atoms with Crippen LogP contribution in [0.4, 0.5) is 0 Å². The molecule has 0 spiro atoms. The van der Waals surface area contributed by atoms with Gasteiger partial charge in [-0.1, -0.05) is 168 Å². The van der Waals surface area contributed by atoms with Gasteiger partial charge in [-0.2, -0.15) is 0 Å². The first-order valence-electron chi connectivity index (χ1n) is 12.5. The minimum absolute atomic E-state index is 0.484. The highest BCUT2D eigenvalue weighted by Gasteiger charge is 2.05. The molecular formula is C31H42B2. The monoisotopic (exact) mass is 438 g/mol. The lowest BCUT2D eigenvalue weighted by atomic mass is 9.93. The fourth-order valence-electron chi connectivity index (χ4n) is 2.60. The fourth-order valence-corrected chi connectivity index (χ4v) is 2.60. The van der Waals surface area contributed by atoms with Gasteiger partial charge in [0, 0.05) is 8.66 Å². The standard InChI is InChI=1S/C14H14.C7H8.C6H6.2CH3B.2CH4/c1-12(13-8-4-2-5-9-13)14-10-6-3-7-11-14;1-7-5-3-2-4-6-7;1-2-4-6-5-3-1;2*1-2;;/h2-12H,1H3;2-6H,1H3;1-6H;2*1H3;2*1H4/i;;;;;2*1D. The summed E-state index contributed by atoms with van der Waals surface area (Å²) >= 11 is 0. The highest BCUT2D eigenvalue weighted by molar-refractivity contribution is 6.05. The van der Waals surface area contributed by atoms with Gasteiger partial charge >= 0.3 is 0 Å². The van der Waals surface area contributed by atoms with Gasteiger partial charge in [-0.15, -0.1) is 0 Å². The molecule has 4 aromatic carbocycles. The van der Waals surface area contributed by atoms with E-state index in [1.165, 1.54) is 45.1 Å². The molecular weight excluding hydrogens is 394 g/mol. The van der Waals surface area contributed by atoms with Crippen molar-refractivity contribution in [1.29, 1.82) is 0 Å². The third kappa shape index (κ3) is 17.3. The molecule has 2 heteroatoms. The maximum atomic E-state index is 5.75. The molecule has 0 saturated carbocycles. The lowest BCUT2D eigenvalue weighted by molar-refractivity contribution is 0.922. The first kappa shape index (κ1) is 30.0. The minimum atomic E-state index is 0.484. The average molecular weight is 438 g/mol. The van der Waals surface area contributed by atoms with E-state index in [-0.39, 0.29) is 0 Å². The first-order valence-corrected chi connectivity index (χ1v) is 10.5. The second-order valence-electron chi connectivity index (χ2n) is 6.35. The van der Waals surface area contributed by atoms with Crippen LogP contribution in [0.2, 0.25) is 13.6 Å². The molecule has 0 nitrogen and oxygen atoms in total. The number of hydrogen-bond donors (Lipinski definition) is 0. The third-order valence-corrected chi connectivity index (χ3v) is 4.21. The molecule has 0 unspecified atom stereocenters. The smallest absolute Gasteiger partial charge is 0.0606 e. The predicted octanol–water partition coefficient (Wildman–Crippen LogP) is 9.20. The second kappa shape index (κ2) is 25.3. The van der Waals surface area contributed by atoms with Crippen LogP contribution in [0.15, 0.2) is 127 Å². The molecule has 172 valence electrons. The van der Waals surface area contributed by atoms with E-state index >= 15 is 0 Å². The fraction of sp³-hybridized carbons (Fsp3) is 0.226. The van der Waals surface area contributed by atoms with Gasteiger partial charge in [0.2, 0.25) is 0 Å². The van der Waals surface area contributed by atoms with Crippen LogP contribution in [0.3, 0.4) is 0 Å². The van der Waals surface area contributed by atoms with Gasteiger partial charge in [-0.25, -0.2) is 0 Å². The quantitative estimate of drug-likeness (QED) is 0.274. The molecule has 0 atom stereocenters. The Morgan fingerprint density at radius 2 is 0.697 bits per heavy atom. The molecule has 4 radical (unpaired) electrons. The van der Waals surface area contributed by atoms with E-state index in [4.69, 9.17) is 2.74 Å². The number of rotatable bonds is 2. The lowest BCUT2D eigenvalue weighted by Crippen LogP contribution is -1.94. The van der Waals surface area contributed by atoms with Crippen LogP contribution < -0.4 is 0 Å². The van der Waals surface area contributed by atoms with Crippen LogP contribution in [0, 0.1) is 6.92 Å². The van der Waals surface area contributed by atoms with Crippen molar-refractivity contribution in [2.45, 2.75) is 48.2 Å². The predicted molar refractivity (Wildman–Crippen MR) is 155 cm³/mol. The number of hydrogen-bond acceptors (Lipinski definition) is 0. The Hall–Kier alpha value is -2.99. The van der Waals surface area contributed by atoms with Gasteiger partial charge in [-0.3, -0.25) is 0 Å². The molecule has 0 bridgehead atoms. The first-order chi connectivity index (χ1) is 17.3. The molecule has 0 amide bonds. The normalized spacial score (nSPS) is 8.45. The van der Waals surface area contributed by atoms with Gasteiger partial charge in [0.05, 0.1) is 15.7 Å². The van der Waals surface area contributed by atoms with Crippen LogP contribution in [0.25, 0.3) is 0 Å². The Morgan fingerprint density at radius 1 is 0.485 bits per heavy atom. The summed E-state index contributed by atoms with van der Waals surface area (Å²) < 4.78 is 11.5. The van der Waals surface area contributed by atoms with E-state index < -0.39 is 0 Å². The summed E-state index contributed by atoms with van der Waals surface area (Å²) in [5.74, 6) is 0.484. The Morgan fingerprint density at radius 3 is 0.909 bits per heavy atom. The highest BCUT2D eigenvalue weighted by Crippen LogP contribution is 2.22. The van der Waals surface area contributed by atoms with Crippen molar-refractivity contribution in [3.05, 3.63) is 144 Å². The maximum Gasteiger partial charge on any atom is 0.0606 e. The molecule has 0 aliphatic heterocycles. The zero-order chi connectivity index (χ0) is 27.2. The average Bonchev–Trinajstić information content (AvgIpc) is 3.00. The number of benzene rings is 4. The maximum absolute atomic E-state index is 5.75. The highest BCUT2D eigenvalue weighted by atomic mass is 14.1. The molecule has 33 heavy (non-hydrogen) atoms. The van der Waals surface area contributed by atoms with Crippen molar-refractivity contribution in [3.8, 4) is 0 Å². The minimum Gasteiger partial charge on any atom is -0.0999 e. The van der Waals surface area contributed by atoms with E-state index in [2.05, 4.69) is 102 Å². The van der Waals surface area contributed by atoms with Gasteiger partial charge in [0.25, 0.3) is 0 Å². The topological polar surface area (TPSA) is 0 Å². The van der Waals surface area contributed by atoms with E-state index in [9.17, 15) is 0 Å². The Labute approximate surface area is 210 Å². The lowest BCUT2D eigenvalue weighted by Gasteiger charge is -2.11. The van der Waals surface area contributed by atoms with Gasteiger partial charge in [0.15, 0.2) is 0 Å². The molecule has 0 fully saturated rings. The van der Waals surface area contributed by atoms with Crippen molar-refractivity contribution in [2.75, 3.05) is 0 Å². The van der Waals surface area contributed by atoms with Crippen LogP contribution in [-0.4, -0.2) is 15.7 Å². The van der Waals surface area contributed by atoms with Crippen LogP contribution >= 0.6 is 0 Å². The van der Waals surface area contributed by atoms with E-state index in [0.717, 1.165) is 0 Å². The van der Waals surface area contributed by atoms with Gasteiger partial charge < -0.3 is 0 Å². The summed E-state index contributed by atoms with van der Waals surface area (Å²) in [5, 5.41) is 0. The van der Waals surface area contributed by atoms with Crippen LogP contribution in [0.1, 0.15) is 47.1 Å². The summed E-state index contributed by atoms with van der Waals surface area (Å²) in [5.41, 5.74) is 4.07. The van der Waals surface area contributed by atoms with Crippen molar-refractivity contribution in [1.82, 2.24) is 0 Å². The van der Waals surface area contributed by atoms with Crippen molar-refractivity contribution < 1.29 is 2.74 Å². The zero-order valence-electron chi connectivity index (χ0n) is 23.4. The molecule has 0 saturated heterocycles. The van der Waals surface area contributed by atoms with E-state index in [1.54, 1.807) is 0 Å². The van der Waals surface area contributed by atoms with Gasteiger partial charge in [-0.05, 0) is 18.1 Å². The molecule has 0 aliphatic rings. The van der Waals surface area contributed by atoms with E-state index in [1.807, 2.05) is 54.6 Å². The molecule has 4 aromatic rings. The molecule has 0 aliphatic carbocycles. The SMILES string of the molecule is CC(c1ccccc1)c1ccccc1.Cc1ccccc1.[2H]C.[2H]C.[B]C.[B]C.c1ccccc1.